The predicted molar refractivity (Wildman–Crippen MR) is 60.7 cm³/mol. The lowest BCUT2D eigenvalue weighted by Crippen LogP contribution is -2.56. The molecule has 1 aromatic heterocycles. The minimum atomic E-state index is -0.193. The van der Waals surface area contributed by atoms with Crippen molar-refractivity contribution < 1.29 is 9.53 Å². The van der Waals surface area contributed by atoms with E-state index in [0.717, 1.165) is 6.42 Å². The van der Waals surface area contributed by atoms with E-state index in [0.29, 0.717) is 18.8 Å². The zero-order valence-electron chi connectivity index (χ0n) is 9.63. The lowest BCUT2D eigenvalue weighted by molar-refractivity contribution is -0.112. The topological polar surface area (TPSA) is 51.5 Å². The number of amides is 1. The van der Waals surface area contributed by atoms with Crippen LogP contribution in [0.25, 0.3) is 0 Å². The fourth-order valence-electron chi connectivity index (χ4n) is 2.50. The van der Waals surface area contributed by atoms with Crippen molar-refractivity contribution in [2.75, 3.05) is 6.61 Å². The smallest absolute Gasteiger partial charge is 0.272 e. The molecule has 1 aromatic rings. The van der Waals surface area contributed by atoms with Gasteiger partial charge in [-0.05, 0) is 13.3 Å². The van der Waals surface area contributed by atoms with Crippen LogP contribution in [0, 0.1) is 0 Å². The van der Waals surface area contributed by atoms with Crippen LogP contribution in [0.3, 0.4) is 0 Å². The Morgan fingerprint density at radius 2 is 2.24 bits per heavy atom. The van der Waals surface area contributed by atoms with Gasteiger partial charge in [-0.15, -0.1) is 0 Å². The van der Waals surface area contributed by atoms with Gasteiger partial charge in [0.15, 0.2) is 11.7 Å². The summed E-state index contributed by atoms with van der Waals surface area (Å²) in [6, 6.07) is 3.05. The van der Waals surface area contributed by atoms with Crippen LogP contribution in [0.15, 0.2) is 23.1 Å². The summed E-state index contributed by atoms with van der Waals surface area (Å²) in [4.78, 5) is 25.4. The average Bonchev–Trinajstić information content (AvgIpc) is 2.30. The molecule has 0 N–H and O–H groups in total. The summed E-state index contributed by atoms with van der Waals surface area (Å²) in [7, 11) is 0. The van der Waals surface area contributed by atoms with E-state index in [1.54, 1.807) is 15.7 Å². The van der Waals surface area contributed by atoms with Gasteiger partial charge in [0.05, 0.1) is 13.2 Å². The van der Waals surface area contributed by atoms with Gasteiger partial charge in [0, 0.05) is 24.4 Å². The maximum absolute atomic E-state index is 12.3. The average molecular weight is 234 g/mol. The van der Waals surface area contributed by atoms with Crippen LogP contribution < -0.4 is 5.43 Å². The number of rotatable bonds is 0. The van der Waals surface area contributed by atoms with Gasteiger partial charge in [-0.1, -0.05) is 0 Å². The van der Waals surface area contributed by atoms with Gasteiger partial charge in [-0.2, -0.15) is 0 Å². The fourth-order valence-corrected chi connectivity index (χ4v) is 2.50. The largest absolute Gasteiger partial charge is 0.356 e. The Kier molecular flexibility index (Phi) is 2.29. The molecule has 5 nitrogen and oxygen atoms in total. The Morgan fingerprint density at radius 1 is 1.41 bits per heavy atom. The molecule has 0 aromatic carbocycles. The molecular formula is C12H14N2O3. The number of carbonyl (C=O) groups excluding carboxylic acids is 1. The SMILES string of the molecule is C[C@@H]1CCOC2Cn3ccc(=O)cc3C(=O)N21. The van der Waals surface area contributed by atoms with E-state index in [4.69, 9.17) is 4.74 Å². The zero-order valence-corrected chi connectivity index (χ0v) is 9.63. The standard InChI is InChI=1S/C12H14N2O3/c1-8-3-5-17-11-7-13-4-2-9(15)6-10(13)12(16)14(8)11/h2,4,6,8,11H,3,5,7H2,1H3/t8-,11?/m1/s1. The molecule has 2 aliphatic heterocycles. The van der Waals surface area contributed by atoms with Crippen LogP contribution in [-0.2, 0) is 11.3 Å². The van der Waals surface area contributed by atoms with Gasteiger partial charge in [0.2, 0.25) is 0 Å². The van der Waals surface area contributed by atoms with E-state index in [2.05, 4.69) is 0 Å². The molecule has 0 spiro atoms. The number of hydrogen-bond acceptors (Lipinski definition) is 3. The van der Waals surface area contributed by atoms with Gasteiger partial charge >= 0.3 is 0 Å². The van der Waals surface area contributed by atoms with Gasteiger partial charge in [0.25, 0.3) is 5.91 Å². The number of carbonyl (C=O) groups is 1. The number of hydrogen-bond donors (Lipinski definition) is 0. The molecule has 1 unspecified atom stereocenters. The van der Waals surface area contributed by atoms with Crippen molar-refractivity contribution in [3.05, 3.63) is 34.2 Å². The second-order valence-corrected chi connectivity index (χ2v) is 4.58. The quantitative estimate of drug-likeness (QED) is 0.654. The third-order valence-electron chi connectivity index (χ3n) is 3.44. The number of aromatic nitrogens is 1. The first-order valence-electron chi connectivity index (χ1n) is 5.81. The minimum Gasteiger partial charge on any atom is -0.356 e. The van der Waals surface area contributed by atoms with Crippen molar-refractivity contribution >= 4 is 5.91 Å². The number of fused-ring (bicyclic) bond motifs is 2. The third kappa shape index (κ3) is 1.58. The summed E-state index contributed by atoms with van der Waals surface area (Å²) in [5, 5.41) is 0. The maximum Gasteiger partial charge on any atom is 0.272 e. The van der Waals surface area contributed by atoms with Gasteiger partial charge in [0.1, 0.15) is 5.69 Å². The van der Waals surface area contributed by atoms with Crippen LogP contribution in [-0.4, -0.2) is 34.3 Å². The van der Waals surface area contributed by atoms with E-state index in [-0.39, 0.29) is 23.6 Å². The van der Waals surface area contributed by atoms with Crippen molar-refractivity contribution in [1.82, 2.24) is 9.47 Å². The second-order valence-electron chi connectivity index (χ2n) is 4.58. The van der Waals surface area contributed by atoms with Crippen molar-refractivity contribution in [2.24, 2.45) is 0 Å². The van der Waals surface area contributed by atoms with E-state index >= 15 is 0 Å². The van der Waals surface area contributed by atoms with Crippen LogP contribution in [0.1, 0.15) is 23.8 Å². The van der Waals surface area contributed by atoms with Crippen molar-refractivity contribution in [1.29, 1.82) is 0 Å². The summed E-state index contributed by atoms with van der Waals surface area (Å²) in [5.41, 5.74) is 0.333. The highest BCUT2D eigenvalue weighted by molar-refractivity contribution is 5.93. The predicted octanol–water partition coefficient (Wildman–Crippen LogP) is 0.439. The van der Waals surface area contributed by atoms with E-state index in [9.17, 15) is 9.59 Å². The third-order valence-corrected chi connectivity index (χ3v) is 3.44. The molecule has 3 rings (SSSR count). The molecule has 0 aliphatic carbocycles. The van der Waals surface area contributed by atoms with E-state index in [1.807, 2.05) is 6.92 Å². The normalized spacial score (nSPS) is 27.6. The molecule has 2 atom stereocenters. The lowest BCUT2D eigenvalue weighted by Gasteiger charge is -2.44. The number of pyridine rings is 1. The van der Waals surface area contributed by atoms with Crippen LogP contribution in [0.4, 0.5) is 0 Å². The molecule has 90 valence electrons. The summed E-state index contributed by atoms with van der Waals surface area (Å²) in [6.07, 6.45) is 2.32. The van der Waals surface area contributed by atoms with Crippen molar-refractivity contribution in [3.63, 3.8) is 0 Å². The second kappa shape index (κ2) is 3.70. The van der Waals surface area contributed by atoms with Crippen molar-refractivity contribution in [2.45, 2.75) is 32.2 Å². The first-order valence-corrected chi connectivity index (χ1v) is 5.81. The highest BCUT2D eigenvalue weighted by Crippen LogP contribution is 2.25. The Balaban J connectivity index is 2.07. The highest BCUT2D eigenvalue weighted by Gasteiger charge is 2.38. The minimum absolute atomic E-state index is 0.105. The zero-order chi connectivity index (χ0) is 12.0. The van der Waals surface area contributed by atoms with E-state index < -0.39 is 0 Å². The molecule has 3 heterocycles. The molecule has 1 saturated heterocycles. The lowest BCUT2D eigenvalue weighted by atomic mass is 10.1. The summed E-state index contributed by atoms with van der Waals surface area (Å²) in [5.74, 6) is -0.105. The number of ether oxygens (including phenoxy) is 1. The molecule has 2 aliphatic rings. The molecule has 0 radical (unpaired) electrons. The molecule has 0 saturated carbocycles. The maximum atomic E-state index is 12.3. The summed E-state index contributed by atoms with van der Waals surface area (Å²) < 4.78 is 7.41. The molecule has 1 amide bonds. The molecular weight excluding hydrogens is 220 g/mol. The van der Waals surface area contributed by atoms with Crippen LogP contribution >= 0.6 is 0 Å². The summed E-state index contributed by atoms with van der Waals surface area (Å²) >= 11 is 0. The Labute approximate surface area is 98.6 Å². The monoisotopic (exact) mass is 234 g/mol. The Hall–Kier alpha value is -1.62. The highest BCUT2D eigenvalue weighted by atomic mass is 16.5. The molecule has 1 fully saturated rings. The number of nitrogens with zero attached hydrogens (tertiary/aromatic N) is 2. The molecule has 5 heteroatoms. The van der Waals surface area contributed by atoms with Gasteiger partial charge in [-0.25, -0.2) is 0 Å². The molecule has 0 bridgehead atoms. The first-order chi connectivity index (χ1) is 8.16. The molecule has 17 heavy (non-hydrogen) atoms. The van der Waals surface area contributed by atoms with Crippen LogP contribution in [0.5, 0.6) is 0 Å². The van der Waals surface area contributed by atoms with E-state index in [1.165, 1.54) is 12.1 Å². The van der Waals surface area contributed by atoms with Crippen LogP contribution in [0.2, 0.25) is 0 Å². The Morgan fingerprint density at radius 3 is 3.06 bits per heavy atom. The fraction of sp³-hybridized carbons (Fsp3) is 0.500. The van der Waals surface area contributed by atoms with Gasteiger partial charge in [-0.3, -0.25) is 9.59 Å². The van der Waals surface area contributed by atoms with Crippen molar-refractivity contribution in [3.8, 4) is 0 Å². The summed E-state index contributed by atoms with van der Waals surface area (Å²) in [6.45, 7) is 3.31. The first kappa shape index (κ1) is 10.5. The van der Waals surface area contributed by atoms with Gasteiger partial charge < -0.3 is 14.2 Å². The Bertz CT molecular complexity index is 523.